The first-order valence-corrected chi connectivity index (χ1v) is 24.2. The van der Waals surface area contributed by atoms with Crippen molar-refractivity contribution in [3.63, 3.8) is 0 Å². The van der Waals surface area contributed by atoms with Crippen LogP contribution in [0, 0.1) is 0 Å². The Bertz CT molecular complexity index is 1090. The third-order valence-corrected chi connectivity index (χ3v) is 10.7. The number of unbranched alkanes of at least 4 members (excludes halogenated alkanes) is 23. The molecule has 0 bridgehead atoms. The molecular formula is C52H91NO5. The summed E-state index contributed by atoms with van der Waals surface area (Å²) in [5, 5.41) is 23.7. The van der Waals surface area contributed by atoms with Crippen LogP contribution in [0.4, 0.5) is 0 Å². The molecule has 0 aliphatic rings. The summed E-state index contributed by atoms with van der Waals surface area (Å²) in [6.07, 6.45) is 56.7. The minimum atomic E-state index is -0.807. The molecule has 0 fully saturated rings. The number of carbonyl (C=O) groups is 2. The van der Waals surface area contributed by atoms with Crippen LogP contribution in [-0.2, 0) is 14.3 Å². The number of esters is 1. The van der Waals surface area contributed by atoms with Gasteiger partial charge in [0.1, 0.15) is 6.10 Å². The Balaban J connectivity index is 4.76. The lowest BCUT2D eigenvalue weighted by atomic mass is 10.0. The van der Waals surface area contributed by atoms with E-state index in [9.17, 15) is 19.8 Å². The monoisotopic (exact) mass is 810 g/mol. The number of hydrogen-bond donors (Lipinski definition) is 3. The molecule has 3 unspecified atom stereocenters. The minimum absolute atomic E-state index is 0.0258. The van der Waals surface area contributed by atoms with Crippen molar-refractivity contribution < 1.29 is 24.5 Å². The van der Waals surface area contributed by atoms with Crippen molar-refractivity contribution in [2.75, 3.05) is 6.61 Å². The first-order valence-electron chi connectivity index (χ1n) is 24.2. The summed E-state index contributed by atoms with van der Waals surface area (Å²) in [5.74, 6) is -0.550. The number of aliphatic hydroxyl groups excluding tert-OH is 2. The highest BCUT2D eigenvalue weighted by Crippen LogP contribution is 2.17. The highest BCUT2D eigenvalue weighted by molar-refractivity contribution is 5.77. The zero-order valence-electron chi connectivity index (χ0n) is 37.9. The van der Waals surface area contributed by atoms with E-state index >= 15 is 0 Å². The van der Waals surface area contributed by atoms with E-state index in [0.29, 0.717) is 19.3 Å². The maximum atomic E-state index is 13.1. The molecule has 334 valence electrons. The highest BCUT2D eigenvalue weighted by Gasteiger charge is 2.24. The molecule has 1 amide bonds. The number of amides is 1. The molecule has 0 aromatic rings. The lowest BCUT2D eigenvalue weighted by molar-refractivity contribution is -0.151. The molecule has 0 saturated heterocycles. The van der Waals surface area contributed by atoms with Crippen LogP contribution >= 0.6 is 0 Å². The number of allylic oxidation sites excluding steroid dienone is 12. The van der Waals surface area contributed by atoms with E-state index in [4.69, 9.17) is 4.74 Å². The van der Waals surface area contributed by atoms with Gasteiger partial charge in [0.05, 0.1) is 25.2 Å². The topological polar surface area (TPSA) is 95.9 Å². The zero-order chi connectivity index (χ0) is 42.4. The molecule has 0 spiro atoms. The van der Waals surface area contributed by atoms with Crippen LogP contribution in [0.25, 0.3) is 0 Å². The van der Waals surface area contributed by atoms with Gasteiger partial charge in [0.25, 0.3) is 0 Å². The van der Waals surface area contributed by atoms with E-state index in [0.717, 1.165) is 57.8 Å². The van der Waals surface area contributed by atoms with Gasteiger partial charge in [-0.05, 0) is 38.5 Å². The maximum Gasteiger partial charge on any atom is 0.306 e. The molecule has 0 aromatic heterocycles. The second-order valence-electron chi connectivity index (χ2n) is 16.3. The van der Waals surface area contributed by atoms with Crippen LogP contribution in [-0.4, -0.2) is 46.9 Å². The van der Waals surface area contributed by atoms with Gasteiger partial charge in [0, 0.05) is 6.42 Å². The molecular weight excluding hydrogens is 719 g/mol. The van der Waals surface area contributed by atoms with Gasteiger partial charge in [-0.15, -0.1) is 0 Å². The van der Waals surface area contributed by atoms with E-state index in [1.807, 2.05) is 60.8 Å². The average molecular weight is 810 g/mol. The lowest BCUT2D eigenvalue weighted by Gasteiger charge is -2.24. The number of ether oxygens (including phenoxy) is 1. The SMILES string of the molecule is CC\C=C/C=C/C=C/C=C\C=C\C=C\CCCC(CC(=O)NC(CO)C(O)CCCCCCCCCCCCC)OC(=O)CCCCCCCCCCCCCCC. The lowest BCUT2D eigenvalue weighted by Crippen LogP contribution is -2.46. The van der Waals surface area contributed by atoms with Crippen molar-refractivity contribution in [1.82, 2.24) is 5.32 Å². The summed E-state index contributed by atoms with van der Waals surface area (Å²) in [4.78, 5) is 26.0. The number of carbonyl (C=O) groups excluding carboxylic acids is 2. The van der Waals surface area contributed by atoms with Crippen LogP contribution in [0.2, 0.25) is 0 Å². The van der Waals surface area contributed by atoms with Crippen molar-refractivity contribution in [3.8, 4) is 0 Å². The number of hydrogen-bond acceptors (Lipinski definition) is 5. The van der Waals surface area contributed by atoms with E-state index in [-0.39, 0.29) is 24.9 Å². The molecule has 3 atom stereocenters. The van der Waals surface area contributed by atoms with Gasteiger partial charge in [-0.1, -0.05) is 241 Å². The predicted molar refractivity (Wildman–Crippen MR) is 250 cm³/mol. The van der Waals surface area contributed by atoms with Crippen LogP contribution in [0.5, 0.6) is 0 Å². The van der Waals surface area contributed by atoms with Crippen molar-refractivity contribution in [3.05, 3.63) is 72.9 Å². The summed E-state index contributed by atoms with van der Waals surface area (Å²) in [7, 11) is 0. The Morgan fingerprint density at radius 3 is 1.38 bits per heavy atom. The Hall–Kier alpha value is -2.70. The Labute approximate surface area is 358 Å². The van der Waals surface area contributed by atoms with E-state index < -0.39 is 18.2 Å². The molecule has 0 saturated carbocycles. The predicted octanol–water partition coefficient (Wildman–Crippen LogP) is 14.2. The van der Waals surface area contributed by atoms with Gasteiger partial charge in [0.15, 0.2) is 0 Å². The molecule has 0 rings (SSSR count). The second-order valence-corrected chi connectivity index (χ2v) is 16.3. The molecule has 0 aliphatic carbocycles. The van der Waals surface area contributed by atoms with Gasteiger partial charge in [-0.2, -0.15) is 0 Å². The number of aliphatic hydroxyl groups is 2. The summed E-state index contributed by atoms with van der Waals surface area (Å²) in [5.41, 5.74) is 0. The molecule has 58 heavy (non-hydrogen) atoms. The van der Waals surface area contributed by atoms with Crippen molar-refractivity contribution in [2.45, 2.75) is 238 Å². The van der Waals surface area contributed by atoms with Crippen LogP contribution in [0.15, 0.2) is 72.9 Å². The van der Waals surface area contributed by atoms with Gasteiger partial charge in [0.2, 0.25) is 5.91 Å². The third-order valence-electron chi connectivity index (χ3n) is 10.7. The zero-order valence-corrected chi connectivity index (χ0v) is 37.9. The quantitative estimate of drug-likeness (QED) is 0.0324. The van der Waals surface area contributed by atoms with Gasteiger partial charge < -0.3 is 20.3 Å². The van der Waals surface area contributed by atoms with Gasteiger partial charge in [-0.3, -0.25) is 9.59 Å². The highest BCUT2D eigenvalue weighted by atomic mass is 16.5. The Morgan fingerprint density at radius 2 is 0.931 bits per heavy atom. The third kappa shape index (κ3) is 40.1. The van der Waals surface area contributed by atoms with Gasteiger partial charge >= 0.3 is 5.97 Å². The number of rotatable bonds is 42. The van der Waals surface area contributed by atoms with Crippen LogP contribution in [0.3, 0.4) is 0 Å². The molecule has 0 aromatic carbocycles. The van der Waals surface area contributed by atoms with E-state index in [1.165, 1.54) is 116 Å². The fourth-order valence-corrected chi connectivity index (χ4v) is 7.06. The smallest absolute Gasteiger partial charge is 0.306 e. The first kappa shape index (κ1) is 55.3. The fraction of sp³-hybridized carbons (Fsp3) is 0.731. The molecule has 0 aliphatic heterocycles. The molecule has 0 heterocycles. The van der Waals surface area contributed by atoms with Crippen LogP contribution in [0.1, 0.15) is 220 Å². The summed E-state index contributed by atoms with van der Waals surface area (Å²) in [6, 6.07) is -0.726. The Kier molecular flexibility index (Phi) is 43.3. The number of nitrogens with one attached hydrogen (secondary N) is 1. The minimum Gasteiger partial charge on any atom is -0.462 e. The standard InChI is InChI=1S/C52H91NO5/c1-4-7-10-13-16-19-22-24-25-27-29-31-34-37-40-43-48(58-52(57)45-42-39-36-33-30-26-23-20-17-14-11-8-5-2)46-51(56)53-49(47-54)50(55)44-41-38-35-32-28-21-18-15-12-9-6-3/h7,10,13,16,19,22,24-25,27,29,31,34,48-50,54-55H,4-6,8-9,11-12,14-15,17-18,20-21,23,26,28,30,32-33,35-47H2,1-3H3,(H,53,56)/b10-7-,16-13+,22-19+,25-24-,29-27+,34-31+. The molecule has 6 nitrogen and oxygen atoms in total. The summed E-state index contributed by atoms with van der Waals surface area (Å²) >= 11 is 0. The second kappa shape index (κ2) is 45.4. The molecule has 0 radical (unpaired) electrons. The van der Waals surface area contributed by atoms with Crippen molar-refractivity contribution >= 4 is 11.9 Å². The fourth-order valence-electron chi connectivity index (χ4n) is 7.06. The summed E-state index contributed by atoms with van der Waals surface area (Å²) < 4.78 is 5.88. The van der Waals surface area contributed by atoms with Gasteiger partial charge in [-0.25, -0.2) is 0 Å². The largest absolute Gasteiger partial charge is 0.462 e. The Morgan fingerprint density at radius 1 is 0.517 bits per heavy atom. The molecule has 6 heteroatoms. The van der Waals surface area contributed by atoms with E-state index in [2.05, 4.69) is 38.2 Å². The normalized spacial score (nSPS) is 13.9. The van der Waals surface area contributed by atoms with Crippen molar-refractivity contribution in [2.24, 2.45) is 0 Å². The average Bonchev–Trinajstić information content (AvgIpc) is 3.22. The van der Waals surface area contributed by atoms with Crippen molar-refractivity contribution in [1.29, 1.82) is 0 Å². The maximum absolute atomic E-state index is 13.1. The molecule has 3 N–H and O–H groups in total. The summed E-state index contributed by atoms with van der Waals surface area (Å²) in [6.45, 7) is 6.30. The first-order chi connectivity index (χ1) is 28.5. The van der Waals surface area contributed by atoms with E-state index in [1.54, 1.807) is 0 Å². The van der Waals surface area contributed by atoms with Crippen LogP contribution < -0.4 is 5.32 Å².